The van der Waals surface area contributed by atoms with Crippen LogP contribution in [0, 0.1) is 5.82 Å². The standard InChI is InChI=1S/C29H22ClFN4O6/c1-29(2,3)41-28(39)35-20-10-18(30)15(9-14(20)12-33-35)13-34-21-11-19(31)16-6-8-40-25(16)23(21)22(24(34)27(37)38)17-5-4-7-32-26(17)36/h4-12H,13H2,1-3H3,(H,32,36)(H,37,38). The van der Waals surface area contributed by atoms with Crippen molar-refractivity contribution in [3.8, 4) is 11.1 Å². The zero-order chi connectivity index (χ0) is 29.2. The number of carboxylic acid groups (broad SMARTS) is 1. The van der Waals surface area contributed by atoms with Crippen molar-refractivity contribution in [3.63, 3.8) is 0 Å². The fraction of sp³-hybridized carbons (Fsp3) is 0.172. The number of aromatic carboxylic acids is 1. The van der Waals surface area contributed by atoms with Gasteiger partial charge < -0.3 is 23.8 Å². The number of furan rings is 1. The van der Waals surface area contributed by atoms with Gasteiger partial charge in [-0.2, -0.15) is 9.78 Å². The molecule has 0 aliphatic carbocycles. The third kappa shape index (κ3) is 4.34. The lowest BCUT2D eigenvalue weighted by Crippen LogP contribution is -2.27. The van der Waals surface area contributed by atoms with Crippen molar-refractivity contribution >= 4 is 56.4 Å². The second-order valence-electron chi connectivity index (χ2n) is 10.5. The van der Waals surface area contributed by atoms with Gasteiger partial charge in [-0.05, 0) is 62.7 Å². The van der Waals surface area contributed by atoms with Gasteiger partial charge in [0.1, 0.15) is 22.7 Å². The minimum atomic E-state index is -1.34. The number of nitrogens with one attached hydrogen (secondary N) is 1. The first kappa shape index (κ1) is 26.3. The van der Waals surface area contributed by atoms with Crippen molar-refractivity contribution in [2.45, 2.75) is 32.9 Å². The van der Waals surface area contributed by atoms with Crippen LogP contribution in [-0.2, 0) is 11.3 Å². The number of hydrogen-bond acceptors (Lipinski definition) is 6. The molecule has 10 nitrogen and oxygen atoms in total. The number of halogens is 2. The lowest BCUT2D eigenvalue weighted by Gasteiger charge is -2.19. The van der Waals surface area contributed by atoms with Gasteiger partial charge in [-0.25, -0.2) is 14.0 Å². The fourth-order valence-electron chi connectivity index (χ4n) is 5.01. The Labute approximate surface area is 235 Å². The van der Waals surface area contributed by atoms with Gasteiger partial charge in [0.15, 0.2) is 0 Å². The van der Waals surface area contributed by atoms with Crippen LogP contribution in [0.15, 0.2) is 64.3 Å². The minimum Gasteiger partial charge on any atom is -0.477 e. The molecule has 208 valence electrons. The molecule has 0 spiro atoms. The first-order chi connectivity index (χ1) is 19.4. The minimum absolute atomic E-state index is 0.0816. The van der Waals surface area contributed by atoms with Crippen LogP contribution < -0.4 is 5.56 Å². The molecule has 0 atom stereocenters. The Morgan fingerprint density at radius 3 is 2.68 bits per heavy atom. The Bertz CT molecular complexity index is 2100. The number of carbonyl (C=O) groups is 2. The molecule has 0 unspecified atom stereocenters. The molecule has 0 radical (unpaired) electrons. The summed E-state index contributed by atoms with van der Waals surface area (Å²) in [5.41, 5.74) is -0.176. The van der Waals surface area contributed by atoms with Crippen molar-refractivity contribution in [3.05, 3.63) is 87.5 Å². The summed E-state index contributed by atoms with van der Waals surface area (Å²) in [7, 11) is 0. The lowest BCUT2D eigenvalue weighted by atomic mass is 10.0. The Morgan fingerprint density at radius 2 is 1.98 bits per heavy atom. The van der Waals surface area contributed by atoms with Gasteiger partial charge in [0.25, 0.3) is 5.56 Å². The number of H-pyrrole nitrogens is 1. The molecule has 0 aliphatic heterocycles. The highest BCUT2D eigenvalue weighted by Gasteiger charge is 2.29. The van der Waals surface area contributed by atoms with Gasteiger partial charge in [0.05, 0.1) is 39.8 Å². The van der Waals surface area contributed by atoms with Gasteiger partial charge in [-0.1, -0.05) is 11.6 Å². The van der Waals surface area contributed by atoms with E-state index in [1.807, 2.05) is 0 Å². The largest absolute Gasteiger partial charge is 0.477 e. The number of carbonyl (C=O) groups excluding carboxylic acids is 1. The molecule has 6 rings (SSSR count). The molecular formula is C29H22ClFN4O6. The van der Waals surface area contributed by atoms with E-state index in [1.165, 1.54) is 47.5 Å². The van der Waals surface area contributed by atoms with Gasteiger partial charge in [-0.3, -0.25) is 4.79 Å². The average molecular weight is 577 g/mol. The van der Waals surface area contributed by atoms with Crippen molar-refractivity contribution in [2.75, 3.05) is 0 Å². The molecule has 12 heteroatoms. The van der Waals surface area contributed by atoms with Gasteiger partial charge in [0, 0.05) is 28.7 Å². The molecule has 0 bridgehead atoms. The Kier molecular flexibility index (Phi) is 6.00. The molecule has 0 saturated carbocycles. The van der Waals surface area contributed by atoms with Crippen molar-refractivity contribution in [1.82, 2.24) is 19.3 Å². The second kappa shape index (κ2) is 9.34. The van der Waals surface area contributed by atoms with E-state index in [2.05, 4.69) is 10.1 Å². The summed E-state index contributed by atoms with van der Waals surface area (Å²) >= 11 is 6.66. The number of benzene rings is 2. The number of hydrogen-bond donors (Lipinski definition) is 2. The molecule has 2 N–H and O–H groups in total. The highest BCUT2D eigenvalue weighted by Crippen LogP contribution is 2.40. The predicted molar refractivity (Wildman–Crippen MR) is 150 cm³/mol. The summed E-state index contributed by atoms with van der Waals surface area (Å²) in [5, 5.41) is 15.7. The van der Waals surface area contributed by atoms with Crippen LogP contribution in [-0.4, -0.2) is 42.1 Å². The van der Waals surface area contributed by atoms with Gasteiger partial charge >= 0.3 is 12.1 Å². The van der Waals surface area contributed by atoms with E-state index in [0.29, 0.717) is 16.5 Å². The molecule has 41 heavy (non-hydrogen) atoms. The molecular weight excluding hydrogens is 555 g/mol. The fourth-order valence-corrected chi connectivity index (χ4v) is 5.23. The zero-order valence-electron chi connectivity index (χ0n) is 22.0. The van der Waals surface area contributed by atoms with Gasteiger partial charge in [0.2, 0.25) is 0 Å². The first-order valence-corrected chi connectivity index (χ1v) is 12.8. The highest BCUT2D eigenvalue weighted by molar-refractivity contribution is 6.32. The van der Waals surface area contributed by atoms with Crippen LogP contribution in [0.4, 0.5) is 9.18 Å². The average Bonchev–Trinajstić information content (AvgIpc) is 3.60. The zero-order valence-corrected chi connectivity index (χ0v) is 22.7. The van der Waals surface area contributed by atoms with Crippen LogP contribution in [0.1, 0.15) is 36.8 Å². The van der Waals surface area contributed by atoms with Crippen LogP contribution in [0.3, 0.4) is 0 Å². The van der Waals surface area contributed by atoms with Crippen LogP contribution >= 0.6 is 11.6 Å². The number of aromatic nitrogens is 4. The summed E-state index contributed by atoms with van der Waals surface area (Å²) in [6.07, 6.45) is 3.51. The van der Waals surface area contributed by atoms with Gasteiger partial charge in [-0.15, -0.1) is 0 Å². The first-order valence-electron chi connectivity index (χ1n) is 12.5. The summed E-state index contributed by atoms with van der Waals surface area (Å²) in [5.74, 6) is -1.96. The molecule has 2 aromatic carbocycles. The van der Waals surface area contributed by atoms with Crippen LogP contribution in [0.25, 0.3) is 43.9 Å². The highest BCUT2D eigenvalue weighted by atomic mass is 35.5. The Hall–Kier alpha value is -4.90. The number of aromatic amines is 1. The van der Waals surface area contributed by atoms with E-state index in [9.17, 15) is 19.5 Å². The van der Waals surface area contributed by atoms with E-state index < -0.39 is 29.0 Å². The normalized spacial score (nSPS) is 12.0. The molecule has 4 aromatic heterocycles. The van der Waals surface area contributed by atoms with E-state index in [-0.39, 0.29) is 50.3 Å². The van der Waals surface area contributed by atoms with E-state index >= 15 is 4.39 Å². The quantitative estimate of drug-likeness (QED) is 0.247. The molecule has 0 aliphatic rings. The van der Waals surface area contributed by atoms with E-state index in [4.69, 9.17) is 20.8 Å². The molecule has 4 heterocycles. The second-order valence-corrected chi connectivity index (χ2v) is 10.9. The SMILES string of the molecule is CC(C)(C)OC(=O)n1ncc2cc(Cn3c(C(=O)O)c(-c4ccc[nH]c4=O)c4c5occc5c(F)cc43)c(Cl)cc21. The predicted octanol–water partition coefficient (Wildman–Crippen LogP) is 6.41. The van der Waals surface area contributed by atoms with Crippen molar-refractivity contribution < 1.29 is 28.2 Å². The number of ether oxygens (including phenoxy) is 1. The summed E-state index contributed by atoms with van der Waals surface area (Å²) in [6, 6.07) is 8.92. The number of fused-ring (bicyclic) bond motifs is 4. The molecule has 0 amide bonds. The summed E-state index contributed by atoms with van der Waals surface area (Å²) < 4.78 is 28.7. The maximum absolute atomic E-state index is 15.2. The number of nitrogens with zero attached hydrogens (tertiary/aromatic N) is 3. The lowest BCUT2D eigenvalue weighted by molar-refractivity contribution is 0.0522. The summed E-state index contributed by atoms with van der Waals surface area (Å²) in [4.78, 5) is 40.9. The molecule has 0 saturated heterocycles. The smallest absolute Gasteiger partial charge is 0.435 e. The number of carboxylic acids is 1. The monoisotopic (exact) mass is 576 g/mol. The molecule has 0 fully saturated rings. The number of rotatable bonds is 4. The van der Waals surface area contributed by atoms with E-state index in [1.54, 1.807) is 32.9 Å². The maximum atomic E-state index is 15.2. The van der Waals surface area contributed by atoms with Crippen molar-refractivity contribution in [1.29, 1.82) is 0 Å². The molecule has 6 aromatic rings. The van der Waals surface area contributed by atoms with Crippen LogP contribution in [0.2, 0.25) is 5.02 Å². The van der Waals surface area contributed by atoms with Crippen LogP contribution in [0.5, 0.6) is 0 Å². The topological polar surface area (TPSA) is 132 Å². The maximum Gasteiger partial charge on any atom is 0.435 e. The third-order valence-corrected chi connectivity index (χ3v) is 6.99. The Morgan fingerprint density at radius 1 is 1.20 bits per heavy atom. The Balaban J connectivity index is 1.59. The number of pyridine rings is 1. The third-order valence-electron chi connectivity index (χ3n) is 6.64. The van der Waals surface area contributed by atoms with Crippen molar-refractivity contribution in [2.24, 2.45) is 0 Å². The van der Waals surface area contributed by atoms with E-state index in [0.717, 1.165) is 4.68 Å². The summed E-state index contributed by atoms with van der Waals surface area (Å²) in [6.45, 7) is 5.10.